The molecule has 1 aliphatic rings. The van der Waals surface area contributed by atoms with E-state index in [4.69, 9.17) is 9.47 Å². The minimum atomic E-state index is -0.618. The summed E-state index contributed by atoms with van der Waals surface area (Å²) >= 11 is 0. The maximum atomic E-state index is 13.4. The molecule has 27 heavy (non-hydrogen) atoms. The number of halogens is 1. The summed E-state index contributed by atoms with van der Waals surface area (Å²) in [4.78, 5) is 35.8. The number of nitrogens with zero attached hydrogens (tertiary/aromatic N) is 1. The minimum absolute atomic E-state index is 0.124. The summed E-state index contributed by atoms with van der Waals surface area (Å²) in [6.45, 7) is 1.26. The van der Waals surface area contributed by atoms with Gasteiger partial charge in [0, 0.05) is 6.92 Å². The lowest BCUT2D eigenvalue weighted by Gasteiger charge is -2.14. The number of rotatable bonds is 4. The first kappa shape index (κ1) is 18.1. The number of carbonyl (C=O) groups is 3. The molecule has 1 heterocycles. The Hall–Kier alpha value is -3.68. The smallest absolute Gasteiger partial charge is 0.308 e. The fraction of sp³-hybridized carbons (Fsp3) is 0.105. The van der Waals surface area contributed by atoms with Crippen molar-refractivity contribution in [2.24, 2.45) is 0 Å². The van der Waals surface area contributed by atoms with Crippen molar-refractivity contribution < 1.29 is 28.2 Å². The van der Waals surface area contributed by atoms with Gasteiger partial charge in [0.2, 0.25) is 0 Å². The van der Waals surface area contributed by atoms with E-state index in [0.717, 1.165) is 11.1 Å². The van der Waals surface area contributed by atoms with Crippen LogP contribution in [0.3, 0.4) is 0 Å². The summed E-state index contributed by atoms with van der Waals surface area (Å²) in [6, 6.07) is 9.90. The van der Waals surface area contributed by atoms with Gasteiger partial charge in [-0.3, -0.25) is 19.8 Å². The molecule has 2 aromatic rings. The number of esters is 1. The number of ether oxygens (including phenoxy) is 2. The van der Waals surface area contributed by atoms with E-state index in [1.165, 1.54) is 50.4 Å². The van der Waals surface area contributed by atoms with Crippen molar-refractivity contribution in [1.29, 1.82) is 0 Å². The van der Waals surface area contributed by atoms with Gasteiger partial charge in [-0.2, -0.15) is 0 Å². The maximum absolute atomic E-state index is 13.4. The van der Waals surface area contributed by atoms with Gasteiger partial charge in [-0.15, -0.1) is 0 Å². The zero-order chi connectivity index (χ0) is 19.6. The summed E-state index contributed by atoms with van der Waals surface area (Å²) < 4.78 is 23.6. The van der Waals surface area contributed by atoms with E-state index in [0.29, 0.717) is 5.56 Å². The third-order valence-corrected chi connectivity index (χ3v) is 3.71. The molecule has 0 saturated carbocycles. The van der Waals surface area contributed by atoms with Crippen molar-refractivity contribution >= 4 is 29.5 Å². The zero-order valence-electron chi connectivity index (χ0n) is 14.5. The lowest BCUT2D eigenvalue weighted by atomic mass is 10.1. The van der Waals surface area contributed by atoms with Crippen LogP contribution in [-0.2, 0) is 14.4 Å². The van der Waals surface area contributed by atoms with Gasteiger partial charge in [-0.05, 0) is 42.0 Å². The second kappa shape index (κ2) is 7.28. The quantitative estimate of drug-likeness (QED) is 0.386. The highest BCUT2D eigenvalue weighted by Crippen LogP contribution is 2.30. The molecule has 8 heteroatoms. The molecule has 0 unspecified atom stereocenters. The Bertz CT molecular complexity index is 970. The number of amides is 2. The third kappa shape index (κ3) is 3.79. The average Bonchev–Trinajstić information content (AvgIpc) is 2.90. The first-order valence-corrected chi connectivity index (χ1v) is 7.88. The number of carbonyl (C=O) groups excluding carboxylic acids is 3. The van der Waals surface area contributed by atoms with Crippen LogP contribution in [0.1, 0.15) is 12.5 Å². The van der Waals surface area contributed by atoms with Gasteiger partial charge in [0.1, 0.15) is 11.4 Å². The topological polar surface area (TPSA) is 84.9 Å². The van der Waals surface area contributed by atoms with Crippen molar-refractivity contribution in [1.82, 2.24) is 5.43 Å². The number of hydrazine groups is 1. The monoisotopic (exact) mass is 370 g/mol. The molecule has 7 nitrogen and oxygen atoms in total. The molecule has 2 amide bonds. The van der Waals surface area contributed by atoms with E-state index in [2.05, 4.69) is 5.43 Å². The van der Waals surface area contributed by atoms with Gasteiger partial charge in [0.05, 0.1) is 12.8 Å². The number of hydrogen-bond donors (Lipinski definition) is 1. The lowest BCUT2D eigenvalue weighted by molar-refractivity contribution is -0.132. The largest absolute Gasteiger partial charge is 0.493 e. The van der Waals surface area contributed by atoms with Crippen molar-refractivity contribution in [3.05, 3.63) is 59.4 Å². The van der Waals surface area contributed by atoms with Gasteiger partial charge in [-0.1, -0.05) is 12.1 Å². The second-order valence-electron chi connectivity index (χ2n) is 5.62. The van der Waals surface area contributed by atoms with Gasteiger partial charge in [0.25, 0.3) is 11.8 Å². The molecule has 0 aromatic heterocycles. The Balaban J connectivity index is 1.91. The van der Waals surface area contributed by atoms with Crippen LogP contribution in [-0.4, -0.2) is 24.9 Å². The Labute approximate surface area is 154 Å². The summed E-state index contributed by atoms with van der Waals surface area (Å²) in [5.41, 5.74) is 2.97. The number of benzene rings is 2. The van der Waals surface area contributed by atoms with Gasteiger partial charge in [-0.25, -0.2) is 9.40 Å². The number of nitrogens with one attached hydrogen (secondary N) is 1. The van der Waals surface area contributed by atoms with E-state index < -0.39 is 23.6 Å². The Morgan fingerprint density at radius 3 is 2.59 bits per heavy atom. The molecule has 3 rings (SSSR count). The average molecular weight is 370 g/mol. The fourth-order valence-corrected chi connectivity index (χ4v) is 2.53. The van der Waals surface area contributed by atoms with Crippen LogP contribution in [0, 0.1) is 5.82 Å². The number of methoxy groups -OCH3 is 1. The molecule has 1 fully saturated rings. The number of anilines is 1. The van der Waals surface area contributed by atoms with E-state index >= 15 is 0 Å². The molecule has 138 valence electrons. The molecule has 2 aromatic carbocycles. The molecule has 1 N–H and O–H groups in total. The van der Waals surface area contributed by atoms with E-state index in [1.54, 1.807) is 6.07 Å². The van der Waals surface area contributed by atoms with Crippen LogP contribution < -0.4 is 19.9 Å². The van der Waals surface area contributed by atoms with Gasteiger partial charge < -0.3 is 9.47 Å². The predicted molar refractivity (Wildman–Crippen MR) is 94.3 cm³/mol. The third-order valence-electron chi connectivity index (χ3n) is 3.71. The maximum Gasteiger partial charge on any atom is 0.308 e. The first-order chi connectivity index (χ1) is 12.9. The van der Waals surface area contributed by atoms with Crippen molar-refractivity contribution in [2.45, 2.75) is 6.92 Å². The zero-order valence-corrected chi connectivity index (χ0v) is 14.5. The molecular weight excluding hydrogens is 355 g/mol. The van der Waals surface area contributed by atoms with Crippen LogP contribution in [0.5, 0.6) is 11.5 Å². The van der Waals surface area contributed by atoms with Crippen LogP contribution in [0.2, 0.25) is 0 Å². The Morgan fingerprint density at radius 1 is 1.15 bits per heavy atom. The molecule has 0 spiro atoms. The van der Waals surface area contributed by atoms with Crippen molar-refractivity contribution in [3.63, 3.8) is 0 Å². The number of hydrogen-bond acceptors (Lipinski definition) is 5. The lowest BCUT2D eigenvalue weighted by Crippen LogP contribution is -2.35. The highest BCUT2D eigenvalue weighted by Gasteiger charge is 2.34. The van der Waals surface area contributed by atoms with Crippen LogP contribution in [0.25, 0.3) is 6.08 Å². The van der Waals surface area contributed by atoms with Crippen LogP contribution in [0.15, 0.2) is 48.0 Å². The molecule has 1 aliphatic heterocycles. The minimum Gasteiger partial charge on any atom is -0.493 e. The van der Waals surface area contributed by atoms with Crippen molar-refractivity contribution in [3.8, 4) is 11.5 Å². The van der Waals surface area contributed by atoms with E-state index in [-0.39, 0.29) is 22.8 Å². The Morgan fingerprint density at radius 2 is 1.93 bits per heavy atom. The molecule has 1 saturated heterocycles. The summed E-state index contributed by atoms with van der Waals surface area (Å²) in [6.07, 6.45) is 1.37. The highest BCUT2D eigenvalue weighted by atomic mass is 19.1. The van der Waals surface area contributed by atoms with Crippen molar-refractivity contribution in [2.75, 3.05) is 12.1 Å². The SMILES string of the molecule is COc1cc(/C=C2/C(=O)NN(c3cccc(F)c3)C2=O)ccc1OC(C)=O. The molecule has 0 bridgehead atoms. The van der Waals surface area contributed by atoms with Crippen LogP contribution >= 0.6 is 0 Å². The van der Waals surface area contributed by atoms with E-state index in [1.807, 2.05) is 0 Å². The molecule has 0 atom stereocenters. The summed E-state index contributed by atoms with van der Waals surface area (Å²) in [7, 11) is 1.40. The van der Waals surface area contributed by atoms with Crippen LogP contribution in [0.4, 0.5) is 10.1 Å². The molecule has 0 aliphatic carbocycles. The summed E-state index contributed by atoms with van der Waals surface area (Å²) in [5, 5.41) is 0.974. The van der Waals surface area contributed by atoms with Gasteiger partial charge >= 0.3 is 5.97 Å². The summed E-state index contributed by atoms with van der Waals surface area (Å²) in [5.74, 6) is -1.78. The highest BCUT2D eigenvalue weighted by molar-refractivity contribution is 6.31. The first-order valence-electron chi connectivity index (χ1n) is 7.88. The second-order valence-corrected chi connectivity index (χ2v) is 5.62. The normalized spacial score (nSPS) is 15.1. The van der Waals surface area contributed by atoms with E-state index in [9.17, 15) is 18.8 Å². The molecule has 0 radical (unpaired) electrons. The predicted octanol–water partition coefficient (Wildman–Crippen LogP) is 2.22. The Kier molecular flexibility index (Phi) is 4.89. The van der Waals surface area contributed by atoms with Gasteiger partial charge in [0.15, 0.2) is 11.5 Å². The molecular formula is C19H15FN2O5. The standard InChI is InChI=1S/C19H15FN2O5/c1-11(23)27-16-7-6-12(9-17(16)26-2)8-15-18(24)21-22(19(15)25)14-5-3-4-13(20)10-14/h3-10H,1-2H3,(H,21,24)/b15-8-. The fourth-order valence-electron chi connectivity index (χ4n) is 2.53.